The normalized spacial score (nSPS) is 17.2. The number of guanidine groups is 1. The molecular formula is C18H31IN4O. The van der Waals surface area contributed by atoms with E-state index in [1.807, 2.05) is 18.2 Å². The predicted molar refractivity (Wildman–Crippen MR) is 112 cm³/mol. The molecule has 136 valence electrons. The molecule has 24 heavy (non-hydrogen) atoms. The summed E-state index contributed by atoms with van der Waals surface area (Å²) in [7, 11) is 2.11. The Morgan fingerprint density at radius 2 is 2.12 bits per heavy atom. The first-order valence-corrected chi connectivity index (χ1v) is 8.65. The molecule has 2 N–H and O–H groups in total. The summed E-state index contributed by atoms with van der Waals surface area (Å²) >= 11 is 0. The van der Waals surface area contributed by atoms with Gasteiger partial charge in [-0.05, 0) is 31.9 Å². The van der Waals surface area contributed by atoms with E-state index in [9.17, 15) is 0 Å². The number of hydrogen-bond donors (Lipinski definition) is 2. The second kappa shape index (κ2) is 12.4. The molecule has 0 amide bonds. The average Bonchev–Trinajstić information content (AvgIpc) is 3.07. The van der Waals surface area contributed by atoms with Gasteiger partial charge in [0.05, 0.1) is 6.61 Å². The number of benzene rings is 1. The lowest BCUT2D eigenvalue weighted by molar-refractivity contribution is 0.181. The fourth-order valence-electron chi connectivity index (χ4n) is 2.72. The van der Waals surface area contributed by atoms with Gasteiger partial charge in [-0.25, -0.2) is 0 Å². The molecular weight excluding hydrogens is 415 g/mol. The minimum atomic E-state index is 0. The van der Waals surface area contributed by atoms with E-state index in [1.165, 1.54) is 5.69 Å². The Morgan fingerprint density at radius 1 is 1.33 bits per heavy atom. The zero-order chi connectivity index (χ0) is 16.3. The van der Waals surface area contributed by atoms with Gasteiger partial charge in [-0.3, -0.25) is 4.99 Å². The van der Waals surface area contributed by atoms with Crippen molar-refractivity contribution in [3.63, 3.8) is 0 Å². The van der Waals surface area contributed by atoms with Crippen LogP contribution in [0.1, 0.15) is 19.8 Å². The zero-order valence-electron chi connectivity index (χ0n) is 14.8. The number of nitrogens with zero attached hydrogens (tertiary/aromatic N) is 2. The maximum absolute atomic E-state index is 5.46. The molecule has 1 fully saturated rings. The van der Waals surface area contributed by atoms with Crippen LogP contribution in [-0.2, 0) is 4.74 Å². The molecule has 0 aliphatic carbocycles. The lowest BCUT2D eigenvalue weighted by atomic mass is 10.1. The number of nitrogens with one attached hydrogen (secondary N) is 2. The van der Waals surface area contributed by atoms with Gasteiger partial charge in [-0.1, -0.05) is 18.2 Å². The first-order valence-electron chi connectivity index (χ1n) is 8.65. The third-order valence-corrected chi connectivity index (χ3v) is 3.95. The van der Waals surface area contributed by atoms with Crippen LogP contribution in [0.4, 0.5) is 5.69 Å². The molecule has 1 heterocycles. The first kappa shape index (κ1) is 21.0. The SMILES string of the molecule is CCNC(=NCCCNc1ccccc1)N(C)CC1CCOC1.I. The minimum Gasteiger partial charge on any atom is -0.385 e. The molecule has 1 unspecified atom stereocenters. The van der Waals surface area contributed by atoms with E-state index in [0.717, 1.165) is 58.2 Å². The van der Waals surface area contributed by atoms with E-state index in [0.29, 0.717) is 5.92 Å². The molecule has 1 aromatic rings. The van der Waals surface area contributed by atoms with Gasteiger partial charge in [0, 0.05) is 51.4 Å². The fraction of sp³-hybridized carbons (Fsp3) is 0.611. The molecule has 1 saturated heterocycles. The van der Waals surface area contributed by atoms with Crippen molar-refractivity contribution < 1.29 is 4.74 Å². The topological polar surface area (TPSA) is 48.9 Å². The van der Waals surface area contributed by atoms with Gasteiger partial charge < -0.3 is 20.3 Å². The highest BCUT2D eigenvalue weighted by Crippen LogP contribution is 2.13. The second-order valence-corrected chi connectivity index (χ2v) is 5.99. The number of anilines is 1. The number of aliphatic imine (C=N–C) groups is 1. The van der Waals surface area contributed by atoms with Gasteiger partial charge in [0.2, 0.25) is 0 Å². The highest BCUT2D eigenvalue weighted by atomic mass is 127. The lowest BCUT2D eigenvalue weighted by Gasteiger charge is -2.24. The molecule has 1 aliphatic rings. The van der Waals surface area contributed by atoms with Crippen LogP contribution in [0.25, 0.3) is 0 Å². The average molecular weight is 446 g/mol. The van der Waals surface area contributed by atoms with Crippen LogP contribution < -0.4 is 10.6 Å². The van der Waals surface area contributed by atoms with Gasteiger partial charge in [-0.15, -0.1) is 24.0 Å². The highest BCUT2D eigenvalue weighted by molar-refractivity contribution is 14.0. The minimum absolute atomic E-state index is 0. The Hall–Kier alpha value is -1.02. The van der Waals surface area contributed by atoms with Crippen molar-refractivity contribution >= 4 is 35.6 Å². The molecule has 0 bridgehead atoms. The van der Waals surface area contributed by atoms with Crippen LogP contribution in [0.5, 0.6) is 0 Å². The van der Waals surface area contributed by atoms with E-state index in [1.54, 1.807) is 0 Å². The van der Waals surface area contributed by atoms with Crippen molar-refractivity contribution in [2.45, 2.75) is 19.8 Å². The maximum Gasteiger partial charge on any atom is 0.193 e. The summed E-state index contributed by atoms with van der Waals surface area (Å²) in [6.45, 7) is 7.56. The van der Waals surface area contributed by atoms with Gasteiger partial charge in [0.15, 0.2) is 5.96 Å². The van der Waals surface area contributed by atoms with Crippen molar-refractivity contribution in [1.29, 1.82) is 0 Å². The molecule has 6 heteroatoms. The van der Waals surface area contributed by atoms with Crippen molar-refractivity contribution in [1.82, 2.24) is 10.2 Å². The summed E-state index contributed by atoms with van der Waals surface area (Å²) in [5, 5.41) is 6.80. The third kappa shape index (κ3) is 7.70. The number of halogens is 1. The maximum atomic E-state index is 5.46. The van der Waals surface area contributed by atoms with E-state index < -0.39 is 0 Å². The summed E-state index contributed by atoms with van der Waals surface area (Å²) in [5.41, 5.74) is 1.17. The van der Waals surface area contributed by atoms with Crippen molar-refractivity contribution in [3.8, 4) is 0 Å². The van der Waals surface area contributed by atoms with Crippen LogP contribution in [0.3, 0.4) is 0 Å². The summed E-state index contributed by atoms with van der Waals surface area (Å²) < 4.78 is 5.46. The van der Waals surface area contributed by atoms with E-state index in [-0.39, 0.29) is 24.0 Å². The standard InChI is InChI=1S/C18H30N4O.HI/c1-3-19-18(22(2)14-16-10-13-23-15-16)21-12-7-11-20-17-8-5-4-6-9-17;/h4-6,8-9,16,20H,3,7,10-15H2,1-2H3,(H,19,21);1H. The van der Waals surface area contributed by atoms with Crippen molar-refractivity contribution in [2.24, 2.45) is 10.9 Å². The van der Waals surface area contributed by atoms with Crippen LogP contribution in [0.2, 0.25) is 0 Å². The molecule has 1 aromatic carbocycles. The van der Waals surface area contributed by atoms with E-state index >= 15 is 0 Å². The Bertz CT molecular complexity index is 463. The molecule has 2 rings (SSSR count). The molecule has 1 atom stereocenters. The van der Waals surface area contributed by atoms with E-state index in [2.05, 4.69) is 41.6 Å². The number of rotatable bonds is 8. The largest absolute Gasteiger partial charge is 0.385 e. The second-order valence-electron chi connectivity index (χ2n) is 5.99. The third-order valence-electron chi connectivity index (χ3n) is 3.95. The zero-order valence-corrected chi connectivity index (χ0v) is 17.2. The van der Waals surface area contributed by atoms with Crippen molar-refractivity contribution in [3.05, 3.63) is 30.3 Å². The monoisotopic (exact) mass is 446 g/mol. The Labute approximate surface area is 163 Å². The van der Waals surface area contributed by atoms with E-state index in [4.69, 9.17) is 9.73 Å². The molecule has 0 aromatic heterocycles. The number of hydrogen-bond acceptors (Lipinski definition) is 3. The van der Waals surface area contributed by atoms with Gasteiger partial charge in [0.1, 0.15) is 0 Å². The fourth-order valence-corrected chi connectivity index (χ4v) is 2.72. The smallest absolute Gasteiger partial charge is 0.193 e. The Balaban J connectivity index is 0.00000288. The lowest BCUT2D eigenvalue weighted by Crippen LogP contribution is -2.41. The summed E-state index contributed by atoms with van der Waals surface area (Å²) in [5.74, 6) is 1.63. The predicted octanol–water partition coefficient (Wildman–Crippen LogP) is 3.04. The highest BCUT2D eigenvalue weighted by Gasteiger charge is 2.18. The number of para-hydroxylation sites is 1. The first-order chi connectivity index (χ1) is 11.3. The van der Waals surface area contributed by atoms with Crippen LogP contribution in [0.15, 0.2) is 35.3 Å². The molecule has 0 saturated carbocycles. The van der Waals surface area contributed by atoms with Crippen molar-refractivity contribution in [2.75, 3.05) is 51.8 Å². The Kier molecular flexibility index (Phi) is 10.8. The van der Waals surface area contributed by atoms with Gasteiger partial charge in [-0.2, -0.15) is 0 Å². The molecule has 1 aliphatic heterocycles. The molecule has 0 spiro atoms. The summed E-state index contributed by atoms with van der Waals surface area (Å²) in [4.78, 5) is 6.97. The molecule has 5 nitrogen and oxygen atoms in total. The van der Waals surface area contributed by atoms with Crippen LogP contribution >= 0.6 is 24.0 Å². The number of ether oxygens (including phenoxy) is 1. The van der Waals surface area contributed by atoms with Crippen LogP contribution in [-0.4, -0.2) is 57.3 Å². The summed E-state index contributed by atoms with van der Waals surface area (Å²) in [6, 6.07) is 10.3. The molecule has 0 radical (unpaired) electrons. The Morgan fingerprint density at radius 3 is 2.79 bits per heavy atom. The van der Waals surface area contributed by atoms with Gasteiger partial charge >= 0.3 is 0 Å². The quantitative estimate of drug-likeness (QED) is 0.279. The summed E-state index contributed by atoms with van der Waals surface area (Å²) in [6.07, 6.45) is 2.18. The van der Waals surface area contributed by atoms with Gasteiger partial charge in [0.25, 0.3) is 0 Å². The van der Waals surface area contributed by atoms with Crippen LogP contribution in [0, 0.1) is 5.92 Å².